The minimum atomic E-state index is -0.00962. The lowest BCUT2D eigenvalue weighted by molar-refractivity contribution is 0.196. The van der Waals surface area contributed by atoms with Gasteiger partial charge in [0.25, 0.3) is 0 Å². The summed E-state index contributed by atoms with van der Waals surface area (Å²) in [6, 6.07) is 6.03. The summed E-state index contributed by atoms with van der Waals surface area (Å²) in [7, 11) is 0. The van der Waals surface area contributed by atoms with Crippen molar-refractivity contribution in [2.24, 2.45) is 0 Å². The highest BCUT2D eigenvalue weighted by Crippen LogP contribution is 2.12. The summed E-state index contributed by atoms with van der Waals surface area (Å²) in [4.78, 5) is 15.3. The first kappa shape index (κ1) is 14.7. The molecule has 0 aliphatic heterocycles. The number of nitrogens with one attached hydrogen (secondary N) is 1. The first-order chi connectivity index (χ1) is 9.79. The van der Waals surface area contributed by atoms with Crippen LogP contribution in [0, 0.1) is 0 Å². The molecule has 2 aromatic heterocycles. The van der Waals surface area contributed by atoms with Crippen LogP contribution >= 0.6 is 11.3 Å². The Bertz CT molecular complexity index is 494. The normalized spacial score (nSPS) is 10.4. The maximum Gasteiger partial charge on any atom is 0.317 e. The molecular formula is C15H20N2O2S. The number of hydrogen-bond donors (Lipinski definition) is 1. The van der Waals surface area contributed by atoms with Crippen molar-refractivity contribution in [3.8, 4) is 0 Å². The molecule has 1 N–H and O–H groups in total. The predicted octanol–water partition coefficient (Wildman–Crippen LogP) is 3.51. The zero-order valence-corrected chi connectivity index (χ0v) is 12.5. The van der Waals surface area contributed by atoms with Crippen molar-refractivity contribution in [3.63, 3.8) is 0 Å². The fourth-order valence-electron chi connectivity index (χ4n) is 1.90. The maximum absolute atomic E-state index is 12.2. The molecule has 5 heteroatoms. The minimum absolute atomic E-state index is 0.00962. The lowest BCUT2D eigenvalue weighted by Crippen LogP contribution is -2.40. The van der Waals surface area contributed by atoms with Crippen LogP contribution in [0.25, 0.3) is 0 Å². The van der Waals surface area contributed by atoms with Gasteiger partial charge in [-0.2, -0.15) is 0 Å². The smallest absolute Gasteiger partial charge is 0.317 e. The average molecular weight is 292 g/mol. The fraction of sp³-hybridized carbons (Fsp3) is 0.400. The van der Waals surface area contributed by atoms with E-state index in [1.807, 2.05) is 24.0 Å². The topological polar surface area (TPSA) is 45.5 Å². The number of rotatable bonds is 7. The molecular weight excluding hydrogens is 272 g/mol. The van der Waals surface area contributed by atoms with Gasteiger partial charge in [-0.25, -0.2) is 4.79 Å². The first-order valence-corrected chi connectivity index (χ1v) is 7.73. The van der Waals surface area contributed by atoms with Gasteiger partial charge in [0, 0.05) is 23.5 Å². The third kappa shape index (κ3) is 4.42. The second kappa shape index (κ2) is 7.75. The lowest BCUT2D eigenvalue weighted by atomic mass is 10.3. The van der Waals surface area contributed by atoms with Crippen LogP contribution in [0.3, 0.4) is 0 Å². The quantitative estimate of drug-likeness (QED) is 0.849. The van der Waals surface area contributed by atoms with Crippen molar-refractivity contribution >= 4 is 17.4 Å². The van der Waals surface area contributed by atoms with Gasteiger partial charge in [0.2, 0.25) is 0 Å². The van der Waals surface area contributed by atoms with Crippen LogP contribution in [0.5, 0.6) is 0 Å². The summed E-state index contributed by atoms with van der Waals surface area (Å²) < 4.78 is 5.07. The van der Waals surface area contributed by atoms with Gasteiger partial charge < -0.3 is 14.6 Å². The molecule has 0 radical (unpaired) electrons. The van der Waals surface area contributed by atoms with E-state index in [0.717, 1.165) is 18.4 Å². The molecule has 0 unspecified atom stereocenters. The lowest BCUT2D eigenvalue weighted by Gasteiger charge is -2.22. The van der Waals surface area contributed by atoms with Crippen molar-refractivity contribution in [1.82, 2.24) is 10.2 Å². The zero-order valence-electron chi connectivity index (χ0n) is 11.7. The Morgan fingerprint density at radius 1 is 1.45 bits per heavy atom. The summed E-state index contributed by atoms with van der Waals surface area (Å²) >= 11 is 1.73. The summed E-state index contributed by atoms with van der Waals surface area (Å²) in [6.45, 7) is 4.05. The SMILES string of the molecule is CCCNC(=O)N(CCc1cccs1)Cc1ccoc1. The monoisotopic (exact) mass is 292 g/mol. The number of carbonyl (C=O) groups is 1. The number of nitrogens with zero attached hydrogens (tertiary/aromatic N) is 1. The van der Waals surface area contributed by atoms with Gasteiger partial charge in [0.05, 0.1) is 19.1 Å². The Morgan fingerprint density at radius 2 is 2.35 bits per heavy atom. The molecule has 2 aromatic rings. The van der Waals surface area contributed by atoms with Crippen LogP contribution in [-0.4, -0.2) is 24.0 Å². The second-order valence-corrected chi connectivity index (χ2v) is 5.65. The van der Waals surface area contributed by atoms with E-state index in [1.165, 1.54) is 4.88 Å². The molecule has 4 nitrogen and oxygen atoms in total. The summed E-state index contributed by atoms with van der Waals surface area (Å²) in [5, 5.41) is 5.00. The van der Waals surface area contributed by atoms with Crippen LogP contribution in [0.4, 0.5) is 4.79 Å². The van der Waals surface area contributed by atoms with E-state index in [0.29, 0.717) is 19.6 Å². The van der Waals surface area contributed by atoms with Gasteiger partial charge >= 0.3 is 6.03 Å². The third-order valence-corrected chi connectivity index (χ3v) is 3.91. The van der Waals surface area contributed by atoms with Crippen LogP contribution < -0.4 is 5.32 Å². The Labute approximate surface area is 123 Å². The number of thiophene rings is 1. The molecule has 0 bridgehead atoms. The van der Waals surface area contributed by atoms with Gasteiger partial charge in [-0.3, -0.25) is 0 Å². The number of carbonyl (C=O) groups excluding carboxylic acids is 1. The van der Waals surface area contributed by atoms with E-state index in [4.69, 9.17) is 4.42 Å². The van der Waals surface area contributed by atoms with E-state index >= 15 is 0 Å². The fourth-order valence-corrected chi connectivity index (χ4v) is 2.60. The van der Waals surface area contributed by atoms with Gasteiger partial charge in [-0.15, -0.1) is 11.3 Å². The molecule has 2 heterocycles. The Hall–Kier alpha value is -1.75. The number of urea groups is 1. The van der Waals surface area contributed by atoms with Crippen LogP contribution in [0.2, 0.25) is 0 Å². The molecule has 0 aliphatic rings. The number of amides is 2. The standard InChI is InChI=1S/C15H20N2O2S/c1-2-7-16-15(18)17(11-13-6-9-19-12-13)8-5-14-4-3-10-20-14/h3-4,6,9-10,12H,2,5,7-8,11H2,1H3,(H,16,18). The molecule has 0 fully saturated rings. The molecule has 2 rings (SSSR count). The molecule has 0 saturated carbocycles. The highest BCUT2D eigenvalue weighted by Gasteiger charge is 2.14. The van der Waals surface area contributed by atoms with Crippen molar-refractivity contribution in [1.29, 1.82) is 0 Å². The average Bonchev–Trinajstić information content (AvgIpc) is 3.13. The minimum Gasteiger partial charge on any atom is -0.472 e. The van der Waals surface area contributed by atoms with Crippen molar-refractivity contribution in [3.05, 3.63) is 46.5 Å². The molecule has 20 heavy (non-hydrogen) atoms. The van der Waals surface area contributed by atoms with Gasteiger partial charge in [0.15, 0.2) is 0 Å². The number of hydrogen-bond acceptors (Lipinski definition) is 3. The Balaban J connectivity index is 1.93. The van der Waals surface area contributed by atoms with E-state index < -0.39 is 0 Å². The molecule has 0 aliphatic carbocycles. The van der Waals surface area contributed by atoms with Gasteiger partial charge in [0.1, 0.15) is 0 Å². The van der Waals surface area contributed by atoms with Gasteiger partial charge in [-0.05, 0) is 30.4 Å². The summed E-state index contributed by atoms with van der Waals surface area (Å²) in [5.41, 5.74) is 1.02. The van der Waals surface area contributed by atoms with E-state index in [9.17, 15) is 4.79 Å². The van der Waals surface area contributed by atoms with E-state index in [-0.39, 0.29) is 6.03 Å². The Morgan fingerprint density at radius 3 is 3.00 bits per heavy atom. The second-order valence-electron chi connectivity index (χ2n) is 4.61. The van der Waals surface area contributed by atoms with E-state index in [1.54, 1.807) is 23.9 Å². The summed E-state index contributed by atoms with van der Waals surface area (Å²) in [6.07, 6.45) is 5.15. The molecule has 2 amide bonds. The summed E-state index contributed by atoms with van der Waals surface area (Å²) in [5.74, 6) is 0. The van der Waals surface area contributed by atoms with Crippen molar-refractivity contribution < 1.29 is 9.21 Å². The van der Waals surface area contributed by atoms with Crippen LogP contribution in [0.1, 0.15) is 23.8 Å². The Kier molecular flexibility index (Phi) is 5.68. The predicted molar refractivity (Wildman–Crippen MR) is 80.8 cm³/mol. The molecule has 0 spiro atoms. The first-order valence-electron chi connectivity index (χ1n) is 6.86. The van der Waals surface area contributed by atoms with Crippen LogP contribution in [0.15, 0.2) is 40.5 Å². The van der Waals surface area contributed by atoms with E-state index in [2.05, 4.69) is 16.8 Å². The zero-order chi connectivity index (χ0) is 14.2. The molecule has 108 valence electrons. The van der Waals surface area contributed by atoms with Crippen molar-refractivity contribution in [2.45, 2.75) is 26.3 Å². The van der Waals surface area contributed by atoms with Gasteiger partial charge in [-0.1, -0.05) is 13.0 Å². The molecule has 0 saturated heterocycles. The highest BCUT2D eigenvalue weighted by atomic mass is 32.1. The maximum atomic E-state index is 12.2. The van der Waals surface area contributed by atoms with Crippen LogP contribution in [-0.2, 0) is 13.0 Å². The third-order valence-electron chi connectivity index (χ3n) is 2.98. The van der Waals surface area contributed by atoms with Crippen molar-refractivity contribution in [2.75, 3.05) is 13.1 Å². The molecule has 0 aromatic carbocycles. The number of furan rings is 1. The molecule has 0 atom stereocenters. The highest BCUT2D eigenvalue weighted by molar-refractivity contribution is 7.09. The largest absolute Gasteiger partial charge is 0.472 e.